The third-order valence-corrected chi connectivity index (χ3v) is 3.92. The predicted octanol–water partition coefficient (Wildman–Crippen LogP) is 1.08. The lowest BCUT2D eigenvalue weighted by Crippen LogP contribution is -2.37. The first kappa shape index (κ1) is 17.2. The molecule has 2 aromatic rings. The molecule has 1 unspecified atom stereocenters. The molecule has 1 aliphatic rings. The molecule has 1 saturated heterocycles. The van der Waals surface area contributed by atoms with Gasteiger partial charge in [-0.2, -0.15) is 0 Å². The zero-order chi connectivity index (χ0) is 17.6. The van der Waals surface area contributed by atoms with Crippen molar-refractivity contribution in [2.45, 2.75) is 12.6 Å². The van der Waals surface area contributed by atoms with Crippen LogP contribution in [0.5, 0.6) is 5.75 Å². The highest BCUT2D eigenvalue weighted by molar-refractivity contribution is 5.75. The lowest BCUT2D eigenvalue weighted by atomic mass is 10.1. The first-order valence-corrected chi connectivity index (χ1v) is 8.03. The molecule has 25 heavy (non-hydrogen) atoms. The van der Waals surface area contributed by atoms with E-state index in [1.54, 1.807) is 0 Å². The summed E-state index contributed by atoms with van der Waals surface area (Å²) >= 11 is 0. The zero-order valence-electron chi connectivity index (χ0n) is 13.7. The molecule has 1 aromatic heterocycles. The van der Waals surface area contributed by atoms with Crippen LogP contribution in [-0.4, -0.2) is 37.1 Å². The Morgan fingerprint density at radius 3 is 2.84 bits per heavy atom. The molecule has 3 rings (SSSR count). The van der Waals surface area contributed by atoms with Gasteiger partial charge in [-0.1, -0.05) is 30.3 Å². The van der Waals surface area contributed by atoms with Crippen LogP contribution in [0.15, 0.2) is 51.9 Å². The van der Waals surface area contributed by atoms with E-state index in [9.17, 15) is 9.59 Å². The SMILES string of the molecule is NC(=O)COc1coc(CN2CCOC(c3ccccc3)C2)cc1=O. The van der Waals surface area contributed by atoms with Gasteiger partial charge in [0.05, 0.1) is 19.3 Å². The number of carbonyl (C=O) groups is 1. The minimum atomic E-state index is -0.649. The van der Waals surface area contributed by atoms with Gasteiger partial charge in [-0.3, -0.25) is 14.5 Å². The van der Waals surface area contributed by atoms with Crippen LogP contribution in [0.3, 0.4) is 0 Å². The molecule has 0 saturated carbocycles. The van der Waals surface area contributed by atoms with E-state index >= 15 is 0 Å². The Kier molecular flexibility index (Phi) is 5.47. The summed E-state index contributed by atoms with van der Waals surface area (Å²) in [5.41, 5.74) is 5.78. The Morgan fingerprint density at radius 1 is 1.32 bits per heavy atom. The maximum atomic E-state index is 12.0. The highest BCUT2D eigenvalue weighted by Gasteiger charge is 2.22. The predicted molar refractivity (Wildman–Crippen MR) is 90.1 cm³/mol. The van der Waals surface area contributed by atoms with Crippen molar-refractivity contribution in [3.63, 3.8) is 0 Å². The largest absolute Gasteiger partial charge is 0.477 e. The van der Waals surface area contributed by atoms with Crippen LogP contribution in [0, 0.1) is 0 Å². The summed E-state index contributed by atoms with van der Waals surface area (Å²) in [5.74, 6) is -0.138. The van der Waals surface area contributed by atoms with Gasteiger partial charge in [-0.25, -0.2) is 0 Å². The summed E-state index contributed by atoms with van der Waals surface area (Å²) in [6.07, 6.45) is 1.22. The summed E-state index contributed by atoms with van der Waals surface area (Å²) in [6, 6.07) is 11.4. The number of nitrogens with zero attached hydrogens (tertiary/aromatic N) is 1. The van der Waals surface area contributed by atoms with E-state index in [0.29, 0.717) is 25.5 Å². The van der Waals surface area contributed by atoms with Crippen LogP contribution in [0.1, 0.15) is 17.4 Å². The van der Waals surface area contributed by atoms with E-state index in [-0.39, 0.29) is 23.9 Å². The zero-order valence-corrected chi connectivity index (χ0v) is 13.7. The number of amides is 1. The molecule has 0 bridgehead atoms. The molecule has 0 spiro atoms. The summed E-state index contributed by atoms with van der Waals surface area (Å²) < 4.78 is 16.3. The number of hydrogen-bond donors (Lipinski definition) is 1. The van der Waals surface area contributed by atoms with Crippen LogP contribution in [-0.2, 0) is 16.1 Å². The summed E-state index contributed by atoms with van der Waals surface area (Å²) in [6.45, 7) is 2.23. The molecule has 7 nitrogen and oxygen atoms in total. The molecule has 1 amide bonds. The molecule has 1 aliphatic heterocycles. The quantitative estimate of drug-likeness (QED) is 0.842. The fourth-order valence-corrected chi connectivity index (χ4v) is 2.71. The molecular weight excluding hydrogens is 324 g/mol. The minimum Gasteiger partial charge on any atom is -0.477 e. The minimum absolute atomic E-state index is 0.000143. The summed E-state index contributed by atoms with van der Waals surface area (Å²) in [5, 5.41) is 0. The number of ether oxygens (including phenoxy) is 2. The molecule has 2 heterocycles. The van der Waals surface area contributed by atoms with Gasteiger partial charge >= 0.3 is 0 Å². The Bertz CT molecular complexity index is 775. The number of benzene rings is 1. The van der Waals surface area contributed by atoms with Gasteiger partial charge in [0.25, 0.3) is 5.91 Å². The van der Waals surface area contributed by atoms with Crippen LogP contribution in [0.25, 0.3) is 0 Å². The molecule has 1 aromatic carbocycles. The molecule has 1 atom stereocenters. The van der Waals surface area contributed by atoms with E-state index in [1.165, 1.54) is 12.3 Å². The average Bonchev–Trinajstić information content (AvgIpc) is 2.62. The first-order chi connectivity index (χ1) is 12.1. The lowest BCUT2D eigenvalue weighted by Gasteiger charge is -2.32. The van der Waals surface area contributed by atoms with Crippen molar-refractivity contribution in [3.8, 4) is 5.75 Å². The van der Waals surface area contributed by atoms with E-state index in [2.05, 4.69) is 4.90 Å². The van der Waals surface area contributed by atoms with Gasteiger partial charge in [0, 0.05) is 19.2 Å². The highest BCUT2D eigenvalue weighted by Crippen LogP contribution is 2.23. The van der Waals surface area contributed by atoms with Crippen molar-refractivity contribution >= 4 is 5.91 Å². The Labute approximate surface area is 144 Å². The van der Waals surface area contributed by atoms with E-state index in [1.807, 2.05) is 30.3 Å². The fourth-order valence-electron chi connectivity index (χ4n) is 2.71. The molecule has 7 heteroatoms. The lowest BCUT2D eigenvalue weighted by molar-refractivity contribution is -0.119. The van der Waals surface area contributed by atoms with Crippen molar-refractivity contribution in [2.75, 3.05) is 26.3 Å². The second kappa shape index (κ2) is 7.96. The molecule has 132 valence electrons. The number of carbonyl (C=O) groups excluding carboxylic acids is 1. The van der Waals surface area contributed by atoms with Crippen LogP contribution in [0.4, 0.5) is 0 Å². The van der Waals surface area contributed by atoms with Crippen molar-refractivity contribution in [2.24, 2.45) is 5.73 Å². The Balaban J connectivity index is 1.63. The standard InChI is InChI=1S/C18H20N2O5/c19-18(22)12-25-17-11-24-14(8-15(17)21)9-20-6-7-23-16(10-20)13-4-2-1-3-5-13/h1-5,8,11,16H,6-7,9-10,12H2,(H2,19,22). The molecule has 1 fully saturated rings. The first-order valence-electron chi connectivity index (χ1n) is 8.03. The van der Waals surface area contributed by atoms with Crippen LogP contribution >= 0.6 is 0 Å². The highest BCUT2D eigenvalue weighted by atomic mass is 16.5. The van der Waals surface area contributed by atoms with Gasteiger partial charge in [0.1, 0.15) is 12.0 Å². The van der Waals surface area contributed by atoms with Crippen LogP contribution < -0.4 is 15.9 Å². The monoisotopic (exact) mass is 344 g/mol. The average molecular weight is 344 g/mol. The normalized spacial score (nSPS) is 18.0. The van der Waals surface area contributed by atoms with Gasteiger partial charge in [0.15, 0.2) is 6.61 Å². The van der Waals surface area contributed by atoms with Gasteiger partial charge in [-0.15, -0.1) is 0 Å². The van der Waals surface area contributed by atoms with Crippen molar-refractivity contribution in [3.05, 3.63) is 64.2 Å². The second-order valence-corrected chi connectivity index (χ2v) is 5.84. The van der Waals surface area contributed by atoms with Crippen molar-refractivity contribution < 1.29 is 18.7 Å². The summed E-state index contributed by atoms with van der Waals surface area (Å²) in [4.78, 5) is 24.9. The number of morpholine rings is 1. The number of primary amides is 1. The fraction of sp³-hybridized carbons (Fsp3) is 0.333. The third kappa shape index (κ3) is 4.68. The molecular formula is C18H20N2O5. The topological polar surface area (TPSA) is 95.0 Å². The Morgan fingerprint density at radius 2 is 2.12 bits per heavy atom. The maximum absolute atomic E-state index is 12.0. The maximum Gasteiger partial charge on any atom is 0.255 e. The smallest absolute Gasteiger partial charge is 0.255 e. The van der Waals surface area contributed by atoms with Crippen molar-refractivity contribution in [1.29, 1.82) is 0 Å². The second-order valence-electron chi connectivity index (χ2n) is 5.84. The van der Waals surface area contributed by atoms with Crippen molar-refractivity contribution in [1.82, 2.24) is 4.90 Å². The number of hydrogen-bond acceptors (Lipinski definition) is 6. The Hall–Kier alpha value is -2.64. The van der Waals surface area contributed by atoms with E-state index in [0.717, 1.165) is 12.1 Å². The summed E-state index contributed by atoms with van der Waals surface area (Å²) in [7, 11) is 0. The molecule has 2 N–H and O–H groups in total. The van der Waals surface area contributed by atoms with E-state index in [4.69, 9.17) is 19.6 Å². The third-order valence-electron chi connectivity index (χ3n) is 3.92. The van der Waals surface area contributed by atoms with Gasteiger partial charge < -0.3 is 19.6 Å². The van der Waals surface area contributed by atoms with Crippen LogP contribution in [0.2, 0.25) is 0 Å². The molecule has 0 aliphatic carbocycles. The van der Waals surface area contributed by atoms with Gasteiger partial charge in [-0.05, 0) is 5.56 Å². The van der Waals surface area contributed by atoms with Gasteiger partial charge in [0.2, 0.25) is 11.2 Å². The molecule has 0 radical (unpaired) electrons. The van der Waals surface area contributed by atoms with E-state index < -0.39 is 5.91 Å². The number of nitrogens with two attached hydrogens (primary N) is 1. The number of rotatable bonds is 6.